The molecule has 0 saturated heterocycles. The predicted octanol–water partition coefficient (Wildman–Crippen LogP) is 1.89. The second-order valence-electron chi connectivity index (χ2n) is 4.36. The molecule has 0 aliphatic rings. The zero-order valence-corrected chi connectivity index (χ0v) is 11.4. The van der Waals surface area contributed by atoms with Gasteiger partial charge in [-0.05, 0) is 24.3 Å². The van der Waals surface area contributed by atoms with Crippen LogP contribution >= 0.6 is 0 Å². The van der Waals surface area contributed by atoms with Crippen molar-refractivity contribution < 1.29 is 13.9 Å². The highest BCUT2D eigenvalue weighted by atomic mass is 16.5. The van der Waals surface area contributed by atoms with Crippen LogP contribution in [0.15, 0.2) is 46.9 Å². The number of para-hydroxylation sites is 1. The van der Waals surface area contributed by atoms with E-state index in [2.05, 4.69) is 0 Å². The maximum absolute atomic E-state index is 12.1. The van der Waals surface area contributed by atoms with E-state index < -0.39 is 0 Å². The van der Waals surface area contributed by atoms with E-state index in [1.165, 1.54) is 0 Å². The van der Waals surface area contributed by atoms with E-state index in [1.807, 2.05) is 30.3 Å². The minimum atomic E-state index is -0.179. The lowest BCUT2D eigenvalue weighted by Crippen LogP contribution is -2.30. The Morgan fingerprint density at radius 1 is 1.25 bits per heavy atom. The maximum atomic E-state index is 12.1. The van der Waals surface area contributed by atoms with Crippen LogP contribution in [0.3, 0.4) is 0 Å². The Morgan fingerprint density at radius 3 is 2.65 bits per heavy atom. The van der Waals surface area contributed by atoms with Crippen molar-refractivity contribution in [1.29, 1.82) is 0 Å². The third kappa shape index (κ3) is 3.61. The molecule has 5 heteroatoms. The Bertz CT molecular complexity index is 551. The summed E-state index contributed by atoms with van der Waals surface area (Å²) in [6.45, 7) is 1.19. The van der Waals surface area contributed by atoms with E-state index in [4.69, 9.17) is 14.9 Å². The molecule has 0 atom stereocenters. The molecule has 1 heterocycles. The van der Waals surface area contributed by atoms with Gasteiger partial charge in [0.25, 0.3) is 5.91 Å². The highest BCUT2D eigenvalue weighted by Gasteiger charge is 2.15. The van der Waals surface area contributed by atoms with Crippen LogP contribution in [0.2, 0.25) is 0 Å². The number of ether oxygens (including phenoxy) is 1. The first-order valence-corrected chi connectivity index (χ1v) is 6.43. The van der Waals surface area contributed by atoms with E-state index in [9.17, 15) is 4.79 Å². The van der Waals surface area contributed by atoms with Crippen LogP contribution in [0, 0.1) is 0 Å². The number of carbonyl (C=O) groups excluding carboxylic acids is 1. The van der Waals surface area contributed by atoms with E-state index in [0.29, 0.717) is 24.7 Å². The summed E-state index contributed by atoms with van der Waals surface area (Å²) < 4.78 is 10.9. The second kappa shape index (κ2) is 6.77. The minimum absolute atomic E-state index is 0.179. The Balaban J connectivity index is 1.82. The zero-order chi connectivity index (χ0) is 14.4. The number of nitrogens with zero attached hydrogens (tertiary/aromatic N) is 1. The summed E-state index contributed by atoms with van der Waals surface area (Å²) in [4.78, 5) is 13.6. The SMILES string of the molecule is CN(CCOc1ccccc1)C(=O)c1ccc(CN)o1. The Kier molecular flexibility index (Phi) is 4.79. The van der Waals surface area contributed by atoms with Gasteiger partial charge in [0.15, 0.2) is 5.76 Å². The van der Waals surface area contributed by atoms with Crippen molar-refractivity contribution in [3.05, 3.63) is 54.0 Å². The molecule has 1 aromatic heterocycles. The Labute approximate surface area is 117 Å². The summed E-state index contributed by atoms with van der Waals surface area (Å²) in [5.74, 6) is 1.51. The quantitative estimate of drug-likeness (QED) is 0.873. The molecule has 0 bridgehead atoms. The van der Waals surface area contributed by atoms with Crippen LogP contribution in [-0.2, 0) is 6.54 Å². The predicted molar refractivity (Wildman–Crippen MR) is 75.5 cm³/mol. The largest absolute Gasteiger partial charge is 0.492 e. The first kappa shape index (κ1) is 14.1. The van der Waals surface area contributed by atoms with E-state index >= 15 is 0 Å². The van der Waals surface area contributed by atoms with Gasteiger partial charge >= 0.3 is 0 Å². The molecule has 0 unspecified atom stereocenters. The van der Waals surface area contributed by atoms with E-state index in [-0.39, 0.29) is 12.5 Å². The van der Waals surface area contributed by atoms with Gasteiger partial charge in [-0.25, -0.2) is 0 Å². The average Bonchev–Trinajstić information content (AvgIpc) is 2.96. The van der Waals surface area contributed by atoms with Gasteiger partial charge in [-0.2, -0.15) is 0 Å². The van der Waals surface area contributed by atoms with Crippen LogP contribution in [0.25, 0.3) is 0 Å². The molecule has 0 saturated carbocycles. The smallest absolute Gasteiger partial charge is 0.289 e. The van der Waals surface area contributed by atoms with Gasteiger partial charge in [0.05, 0.1) is 13.1 Å². The number of hydrogen-bond donors (Lipinski definition) is 1. The van der Waals surface area contributed by atoms with Gasteiger partial charge in [0, 0.05) is 7.05 Å². The molecule has 0 spiro atoms. The number of hydrogen-bond acceptors (Lipinski definition) is 4. The molecule has 5 nitrogen and oxygen atoms in total. The zero-order valence-electron chi connectivity index (χ0n) is 11.4. The second-order valence-corrected chi connectivity index (χ2v) is 4.36. The molecule has 0 aliphatic carbocycles. The highest BCUT2D eigenvalue weighted by Crippen LogP contribution is 2.10. The Morgan fingerprint density at radius 2 is 2.00 bits per heavy atom. The summed E-state index contributed by atoms with van der Waals surface area (Å²) in [6.07, 6.45) is 0. The molecular weight excluding hydrogens is 256 g/mol. The van der Waals surface area contributed by atoms with Crippen molar-refractivity contribution in [2.24, 2.45) is 5.73 Å². The van der Waals surface area contributed by atoms with Gasteiger partial charge < -0.3 is 19.8 Å². The molecule has 106 valence electrons. The van der Waals surface area contributed by atoms with Crippen LogP contribution in [0.1, 0.15) is 16.3 Å². The molecular formula is C15H18N2O3. The van der Waals surface area contributed by atoms with Crippen molar-refractivity contribution in [3.63, 3.8) is 0 Å². The maximum Gasteiger partial charge on any atom is 0.289 e. The van der Waals surface area contributed by atoms with Gasteiger partial charge in [-0.3, -0.25) is 4.79 Å². The lowest BCUT2D eigenvalue weighted by molar-refractivity contribution is 0.0740. The van der Waals surface area contributed by atoms with Crippen LogP contribution in [-0.4, -0.2) is 31.0 Å². The lowest BCUT2D eigenvalue weighted by Gasteiger charge is -2.16. The average molecular weight is 274 g/mol. The molecule has 2 N–H and O–H groups in total. The highest BCUT2D eigenvalue weighted by molar-refractivity contribution is 5.91. The summed E-state index contributed by atoms with van der Waals surface area (Å²) in [5.41, 5.74) is 5.45. The monoisotopic (exact) mass is 274 g/mol. The fourth-order valence-electron chi connectivity index (χ4n) is 1.71. The molecule has 0 radical (unpaired) electrons. The van der Waals surface area contributed by atoms with Crippen LogP contribution in [0.5, 0.6) is 5.75 Å². The van der Waals surface area contributed by atoms with Gasteiger partial charge in [-0.15, -0.1) is 0 Å². The standard InChI is InChI=1S/C15H18N2O3/c1-17(9-10-19-12-5-3-2-4-6-12)15(18)14-8-7-13(11-16)20-14/h2-8H,9-11,16H2,1H3. The van der Waals surface area contributed by atoms with Crippen molar-refractivity contribution >= 4 is 5.91 Å². The summed E-state index contributed by atoms with van der Waals surface area (Å²) >= 11 is 0. The third-order valence-electron chi connectivity index (χ3n) is 2.86. The topological polar surface area (TPSA) is 68.7 Å². The first-order chi connectivity index (χ1) is 9.70. The third-order valence-corrected chi connectivity index (χ3v) is 2.86. The van der Waals surface area contributed by atoms with Crippen LogP contribution < -0.4 is 10.5 Å². The number of nitrogens with two attached hydrogens (primary N) is 1. The molecule has 0 aliphatic heterocycles. The van der Waals surface area contributed by atoms with Crippen molar-refractivity contribution in [1.82, 2.24) is 4.90 Å². The minimum Gasteiger partial charge on any atom is -0.492 e. The normalized spacial score (nSPS) is 10.3. The van der Waals surface area contributed by atoms with Crippen molar-refractivity contribution in [2.45, 2.75) is 6.54 Å². The fraction of sp³-hybridized carbons (Fsp3) is 0.267. The number of amides is 1. The number of likely N-dealkylation sites (N-methyl/N-ethyl adjacent to an activating group) is 1. The number of benzene rings is 1. The van der Waals surface area contributed by atoms with Crippen LogP contribution in [0.4, 0.5) is 0 Å². The fourth-order valence-corrected chi connectivity index (χ4v) is 1.71. The van der Waals surface area contributed by atoms with Gasteiger partial charge in [0.2, 0.25) is 0 Å². The van der Waals surface area contributed by atoms with Crippen molar-refractivity contribution in [3.8, 4) is 5.75 Å². The summed E-state index contributed by atoms with van der Waals surface area (Å²) in [7, 11) is 1.71. The molecule has 2 aromatic rings. The summed E-state index contributed by atoms with van der Waals surface area (Å²) in [6, 6.07) is 12.8. The number of rotatable bonds is 6. The molecule has 2 rings (SSSR count). The van der Waals surface area contributed by atoms with Gasteiger partial charge in [-0.1, -0.05) is 18.2 Å². The van der Waals surface area contributed by atoms with Crippen molar-refractivity contribution in [2.75, 3.05) is 20.2 Å². The first-order valence-electron chi connectivity index (χ1n) is 6.43. The Hall–Kier alpha value is -2.27. The number of carbonyl (C=O) groups is 1. The molecule has 20 heavy (non-hydrogen) atoms. The molecule has 0 fully saturated rings. The lowest BCUT2D eigenvalue weighted by atomic mass is 10.3. The van der Waals surface area contributed by atoms with E-state index in [1.54, 1.807) is 24.1 Å². The molecule has 1 aromatic carbocycles. The van der Waals surface area contributed by atoms with Gasteiger partial charge in [0.1, 0.15) is 18.1 Å². The molecule has 1 amide bonds. The summed E-state index contributed by atoms with van der Waals surface area (Å²) in [5, 5.41) is 0. The number of furan rings is 1. The van der Waals surface area contributed by atoms with E-state index in [0.717, 1.165) is 5.75 Å².